The highest BCUT2D eigenvalue weighted by molar-refractivity contribution is 9.10. The monoisotopic (exact) mass is 568 g/mol. The van der Waals surface area contributed by atoms with Gasteiger partial charge < -0.3 is 5.32 Å². The lowest BCUT2D eigenvalue weighted by Gasteiger charge is -2.15. The highest BCUT2D eigenvalue weighted by Crippen LogP contribution is 2.29. The maximum atomic E-state index is 13.0. The Morgan fingerprint density at radius 3 is 2.34 bits per heavy atom. The van der Waals surface area contributed by atoms with Crippen LogP contribution in [0.1, 0.15) is 36.6 Å². The first-order valence-electron chi connectivity index (χ1n) is 10.4. The van der Waals surface area contributed by atoms with E-state index in [0.29, 0.717) is 43.7 Å². The van der Waals surface area contributed by atoms with Gasteiger partial charge in [0.25, 0.3) is 17.7 Å². The number of carbonyl (C=O) groups is 3. The van der Waals surface area contributed by atoms with E-state index in [0.717, 1.165) is 10.5 Å². The first kappa shape index (κ1) is 23.3. The van der Waals surface area contributed by atoms with Gasteiger partial charge in [-0.2, -0.15) is 5.10 Å². The molecule has 0 saturated heterocycles. The second-order valence-corrected chi connectivity index (χ2v) is 9.45. The summed E-state index contributed by atoms with van der Waals surface area (Å²) in [4.78, 5) is 39.6. The molecule has 0 unspecified atom stereocenters. The lowest BCUT2D eigenvalue weighted by molar-refractivity contribution is 0.0924. The van der Waals surface area contributed by atoms with E-state index in [-0.39, 0.29) is 5.56 Å². The van der Waals surface area contributed by atoms with Gasteiger partial charge in [0.05, 0.1) is 27.8 Å². The normalized spacial score (nSPS) is 12.7. The molecule has 5 rings (SSSR count). The van der Waals surface area contributed by atoms with Gasteiger partial charge in [-0.1, -0.05) is 47.5 Å². The number of hydrogen-bond acceptors (Lipinski definition) is 4. The summed E-state index contributed by atoms with van der Waals surface area (Å²) in [6.45, 7) is 0.375. The molecule has 0 bridgehead atoms. The van der Waals surface area contributed by atoms with Crippen LogP contribution >= 0.6 is 39.1 Å². The third kappa shape index (κ3) is 4.48. The van der Waals surface area contributed by atoms with Crippen molar-refractivity contribution in [2.24, 2.45) is 0 Å². The van der Waals surface area contributed by atoms with Crippen LogP contribution in [0.4, 0.5) is 11.5 Å². The van der Waals surface area contributed by atoms with Crippen LogP contribution in [-0.4, -0.2) is 27.5 Å². The standard InChI is InChI=1S/C25H15BrCl2N4O3/c26-20-13-31(12-15-8-9-16(27)11-21(15)28)30-22(20)29-23(33)14-4-3-5-17(10-14)32-24(34)18-6-1-2-7-19(18)25(32)35/h1-11,13H,12H2,(H,29,30,33). The maximum absolute atomic E-state index is 13.0. The van der Waals surface area contributed by atoms with E-state index in [9.17, 15) is 14.4 Å². The molecule has 0 saturated carbocycles. The van der Waals surface area contributed by atoms with Crippen molar-refractivity contribution >= 4 is 68.4 Å². The Morgan fingerprint density at radius 2 is 1.66 bits per heavy atom. The van der Waals surface area contributed by atoms with E-state index >= 15 is 0 Å². The van der Waals surface area contributed by atoms with Crippen LogP contribution in [0.15, 0.2) is 77.4 Å². The number of hydrogen-bond donors (Lipinski definition) is 1. The minimum atomic E-state index is -0.445. The van der Waals surface area contributed by atoms with Gasteiger partial charge in [0, 0.05) is 21.8 Å². The number of fused-ring (bicyclic) bond motifs is 1. The van der Waals surface area contributed by atoms with Crippen molar-refractivity contribution in [1.82, 2.24) is 9.78 Å². The van der Waals surface area contributed by atoms with E-state index in [4.69, 9.17) is 23.2 Å². The quantitative estimate of drug-likeness (QED) is 0.296. The number of rotatable bonds is 5. The molecule has 0 aliphatic carbocycles. The largest absolute Gasteiger partial charge is 0.304 e. The van der Waals surface area contributed by atoms with Gasteiger partial charge in [-0.15, -0.1) is 0 Å². The number of nitrogens with one attached hydrogen (secondary N) is 1. The molecule has 0 spiro atoms. The molecule has 1 aromatic heterocycles. The van der Waals surface area contributed by atoms with Crippen molar-refractivity contribution < 1.29 is 14.4 Å². The lowest BCUT2D eigenvalue weighted by atomic mass is 10.1. The number of anilines is 2. The molecule has 3 amide bonds. The number of imide groups is 1. The Labute approximate surface area is 218 Å². The summed E-state index contributed by atoms with van der Waals surface area (Å²) >= 11 is 15.6. The Bertz CT molecular complexity index is 1480. The molecule has 7 nitrogen and oxygen atoms in total. The lowest BCUT2D eigenvalue weighted by Crippen LogP contribution is -2.29. The van der Waals surface area contributed by atoms with Crippen LogP contribution in [0, 0.1) is 0 Å². The predicted molar refractivity (Wildman–Crippen MR) is 137 cm³/mol. The summed E-state index contributed by atoms with van der Waals surface area (Å²) in [6, 6.07) is 18.1. The third-order valence-corrected chi connectivity index (χ3v) is 6.62. The highest BCUT2D eigenvalue weighted by atomic mass is 79.9. The fourth-order valence-electron chi connectivity index (χ4n) is 3.78. The second-order valence-electron chi connectivity index (χ2n) is 7.75. The number of nitrogens with zero attached hydrogens (tertiary/aromatic N) is 3. The average molecular weight is 570 g/mol. The molecule has 10 heteroatoms. The van der Waals surface area contributed by atoms with Crippen LogP contribution < -0.4 is 10.2 Å². The first-order chi connectivity index (χ1) is 16.8. The maximum Gasteiger partial charge on any atom is 0.266 e. The number of carbonyl (C=O) groups excluding carboxylic acids is 3. The summed E-state index contributed by atoms with van der Waals surface area (Å²) in [5, 5.41) is 8.22. The van der Waals surface area contributed by atoms with Crippen LogP contribution in [0.2, 0.25) is 10.0 Å². The van der Waals surface area contributed by atoms with E-state index in [1.807, 2.05) is 6.07 Å². The van der Waals surface area contributed by atoms with E-state index in [2.05, 4.69) is 26.3 Å². The summed E-state index contributed by atoms with van der Waals surface area (Å²) in [6.07, 6.45) is 1.72. The molecule has 0 atom stereocenters. The van der Waals surface area contributed by atoms with Crippen molar-refractivity contribution in [2.45, 2.75) is 6.54 Å². The van der Waals surface area contributed by atoms with Crippen LogP contribution in [0.3, 0.4) is 0 Å². The zero-order chi connectivity index (χ0) is 24.7. The smallest absolute Gasteiger partial charge is 0.266 e. The Balaban J connectivity index is 1.35. The second kappa shape index (κ2) is 9.30. The average Bonchev–Trinajstić information content (AvgIpc) is 3.31. The molecule has 3 aromatic carbocycles. The van der Waals surface area contributed by atoms with Gasteiger partial charge in [0.1, 0.15) is 0 Å². The molecule has 1 N–H and O–H groups in total. The number of benzene rings is 3. The van der Waals surface area contributed by atoms with Gasteiger partial charge in [0.15, 0.2) is 5.82 Å². The Hall–Kier alpha value is -3.46. The zero-order valence-corrected chi connectivity index (χ0v) is 20.9. The van der Waals surface area contributed by atoms with Crippen LogP contribution in [0.5, 0.6) is 0 Å². The Morgan fingerprint density at radius 1 is 0.943 bits per heavy atom. The van der Waals surface area contributed by atoms with Gasteiger partial charge in [0.2, 0.25) is 0 Å². The van der Waals surface area contributed by atoms with Crippen LogP contribution in [0.25, 0.3) is 0 Å². The first-order valence-corrected chi connectivity index (χ1v) is 11.9. The van der Waals surface area contributed by atoms with Gasteiger partial charge in [-0.25, -0.2) is 4.90 Å². The van der Waals surface area contributed by atoms with Gasteiger partial charge in [-0.05, 0) is 64.0 Å². The molecule has 1 aliphatic rings. The number of amides is 3. The molecule has 0 radical (unpaired) electrons. The van der Waals surface area contributed by atoms with Crippen molar-refractivity contribution in [2.75, 3.05) is 10.2 Å². The fraction of sp³-hybridized carbons (Fsp3) is 0.0400. The van der Waals surface area contributed by atoms with Crippen molar-refractivity contribution in [3.05, 3.63) is 110 Å². The SMILES string of the molecule is O=C(Nc1nn(Cc2ccc(Cl)cc2Cl)cc1Br)c1cccc(N2C(=O)c3ccccc3C2=O)c1. The molecular formula is C25H15BrCl2N4O3. The molecule has 1 aliphatic heterocycles. The summed E-state index contributed by atoms with van der Waals surface area (Å²) in [5.74, 6) is -0.985. The van der Waals surface area contributed by atoms with Gasteiger partial charge in [-0.3, -0.25) is 19.1 Å². The van der Waals surface area contributed by atoms with Crippen molar-refractivity contribution in [3.8, 4) is 0 Å². The predicted octanol–water partition coefficient (Wildman–Crippen LogP) is 6.05. The molecule has 4 aromatic rings. The summed E-state index contributed by atoms with van der Waals surface area (Å²) < 4.78 is 2.21. The van der Waals surface area contributed by atoms with E-state index < -0.39 is 17.7 Å². The topological polar surface area (TPSA) is 84.3 Å². The highest BCUT2D eigenvalue weighted by Gasteiger charge is 2.36. The van der Waals surface area contributed by atoms with E-state index in [1.165, 1.54) is 6.07 Å². The minimum Gasteiger partial charge on any atom is -0.304 e. The zero-order valence-electron chi connectivity index (χ0n) is 17.8. The number of halogens is 3. The van der Waals surface area contributed by atoms with Crippen molar-refractivity contribution in [3.63, 3.8) is 0 Å². The van der Waals surface area contributed by atoms with Gasteiger partial charge >= 0.3 is 0 Å². The minimum absolute atomic E-state index is 0.265. The molecule has 174 valence electrons. The molecule has 35 heavy (non-hydrogen) atoms. The van der Waals surface area contributed by atoms with Crippen molar-refractivity contribution in [1.29, 1.82) is 0 Å². The number of aromatic nitrogens is 2. The van der Waals surface area contributed by atoms with Crippen LogP contribution in [-0.2, 0) is 6.54 Å². The molecular weight excluding hydrogens is 555 g/mol. The summed E-state index contributed by atoms with van der Waals surface area (Å²) in [7, 11) is 0. The third-order valence-electron chi connectivity index (χ3n) is 5.46. The fourth-order valence-corrected chi connectivity index (χ4v) is 4.66. The summed E-state index contributed by atoms with van der Waals surface area (Å²) in [5.41, 5.74) is 2.06. The molecule has 2 heterocycles. The van der Waals surface area contributed by atoms with E-state index in [1.54, 1.807) is 65.5 Å². The Kier molecular flexibility index (Phi) is 6.19. The molecule has 0 fully saturated rings.